The summed E-state index contributed by atoms with van der Waals surface area (Å²) in [6.07, 6.45) is 1.41. The first-order valence-electron chi connectivity index (χ1n) is 10.3. The molecule has 1 N–H and O–H groups in total. The topological polar surface area (TPSA) is 109 Å². The zero-order valence-electron chi connectivity index (χ0n) is 17.8. The van der Waals surface area contributed by atoms with Crippen LogP contribution in [0.25, 0.3) is 10.9 Å². The van der Waals surface area contributed by atoms with Crippen LogP contribution in [0.3, 0.4) is 0 Å². The van der Waals surface area contributed by atoms with Gasteiger partial charge in [-0.05, 0) is 48.9 Å². The summed E-state index contributed by atoms with van der Waals surface area (Å²) in [6, 6.07) is 21.3. The molecule has 1 heterocycles. The average Bonchev–Trinajstić information content (AvgIpc) is 2.83. The fourth-order valence-electron chi connectivity index (χ4n) is 3.29. The highest BCUT2D eigenvalue weighted by molar-refractivity contribution is 5.81. The lowest BCUT2D eigenvalue weighted by molar-refractivity contribution is 0.269. The van der Waals surface area contributed by atoms with E-state index in [1.807, 2.05) is 19.1 Å². The van der Waals surface area contributed by atoms with E-state index in [1.165, 1.54) is 6.21 Å². The first-order chi connectivity index (χ1) is 16.1. The molecule has 4 rings (SSSR count). The van der Waals surface area contributed by atoms with E-state index in [-0.39, 0.29) is 6.61 Å². The van der Waals surface area contributed by atoms with Gasteiger partial charge in [-0.25, -0.2) is 4.79 Å². The van der Waals surface area contributed by atoms with E-state index >= 15 is 0 Å². The van der Waals surface area contributed by atoms with Gasteiger partial charge < -0.3 is 14.5 Å². The highest BCUT2D eigenvalue weighted by Gasteiger charge is 2.09. The molecule has 164 valence electrons. The fourth-order valence-corrected chi connectivity index (χ4v) is 3.29. The molecule has 33 heavy (non-hydrogen) atoms. The minimum atomic E-state index is -0.629. The van der Waals surface area contributed by atoms with Gasteiger partial charge in [0, 0.05) is 5.56 Å². The summed E-state index contributed by atoms with van der Waals surface area (Å²) in [5, 5.41) is 13.7. The maximum Gasteiger partial charge on any atom is 0.349 e. The zero-order chi connectivity index (χ0) is 23.2. The Morgan fingerprint density at radius 2 is 1.82 bits per heavy atom. The van der Waals surface area contributed by atoms with Crippen molar-refractivity contribution in [2.24, 2.45) is 5.10 Å². The van der Waals surface area contributed by atoms with Crippen molar-refractivity contribution in [1.82, 2.24) is 9.66 Å². The van der Waals surface area contributed by atoms with Crippen molar-refractivity contribution in [2.45, 2.75) is 13.5 Å². The molecule has 1 aromatic heterocycles. The quantitative estimate of drug-likeness (QED) is 0.443. The van der Waals surface area contributed by atoms with Gasteiger partial charge in [-0.2, -0.15) is 10.4 Å². The molecule has 0 saturated heterocycles. The predicted molar refractivity (Wildman–Crippen MR) is 125 cm³/mol. The fraction of sp³-hybridized carbons (Fsp3) is 0.120. The van der Waals surface area contributed by atoms with Gasteiger partial charge in [0.25, 0.3) is 5.56 Å². The molecule has 0 amide bonds. The third-order valence-corrected chi connectivity index (χ3v) is 4.89. The van der Waals surface area contributed by atoms with Crippen LogP contribution < -0.4 is 20.7 Å². The lowest BCUT2D eigenvalue weighted by Gasteiger charge is -2.13. The number of hydrogen-bond donors (Lipinski definition) is 1. The molecule has 0 aliphatic rings. The third kappa shape index (κ3) is 4.67. The Balaban J connectivity index is 1.61. The standard InChI is InChI=1S/C25H20N4O4/c1-2-32-23-13-17(11-12-22(23)33-16-19-8-4-3-7-18(19)14-26)15-27-29-24(30)20-9-5-6-10-21(20)28-25(29)31/h3-13,15H,2,16H2,1H3,(H,28,31). The van der Waals surface area contributed by atoms with E-state index in [0.717, 1.165) is 10.2 Å². The summed E-state index contributed by atoms with van der Waals surface area (Å²) < 4.78 is 12.4. The van der Waals surface area contributed by atoms with E-state index in [1.54, 1.807) is 54.6 Å². The Morgan fingerprint density at radius 1 is 1.03 bits per heavy atom. The smallest absolute Gasteiger partial charge is 0.349 e. The van der Waals surface area contributed by atoms with Crippen LogP contribution in [0.15, 0.2) is 81.4 Å². The molecule has 0 saturated carbocycles. The van der Waals surface area contributed by atoms with Crippen LogP contribution >= 0.6 is 0 Å². The summed E-state index contributed by atoms with van der Waals surface area (Å²) in [5.41, 5.74) is 1.25. The maximum absolute atomic E-state index is 12.6. The Morgan fingerprint density at radius 3 is 2.64 bits per heavy atom. The Hall–Kier alpha value is -4.64. The second-order valence-electron chi connectivity index (χ2n) is 7.03. The van der Waals surface area contributed by atoms with Gasteiger partial charge in [-0.15, -0.1) is 4.68 Å². The minimum absolute atomic E-state index is 0.207. The maximum atomic E-state index is 12.6. The molecule has 0 unspecified atom stereocenters. The van der Waals surface area contributed by atoms with Gasteiger partial charge in [0.15, 0.2) is 11.5 Å². The number of H-pyrrole nitrogens is 1. The Kier molecular flexibility index (Phi) is 6.32. The lowest BCUT2D eigenvalue weighted by atomic mass is 10.1. The van der Waals surface area contributed by atoms with Gasteiger partial charge in [-0.1, -0.05) is 30.3 Å². The number of rotatable bonds is 7. The van der Waals surface area contributed by atoms with Crippen LogP contribution in [0.2, 0.25) is 0 Å². The number of para-hydroxylation sites is 1. The molecule has 0 radical (unpaired) electrons. The summed E-state index contributed by atoms with van der Waals surface area (Å²) in [7, 11) is 0. The molecule has 0 fully saturated rings. The van der Waals surface area contributed by atoms with Crippen molar-refractivity contribution in [3.05, 3.63) is 104 Å². The zero-order valence-corrected chi connectivity index (χ0v) is 17.8. The second-order valence-corrected chi connectivity index (χ2v) is 7.03. The minimum Gasteiger partial charge on any atom is -0.490 e. The Labute approximate surface area is 189 Å². The summed E-state index contributed by atoms with van der Waals surface area (Å²) >= 11 is 0. The SMILES string of the molecule is CCOc1cc(C=Nn2c(=O)[nH]c3ccccc3c2=O)ccc1OCc1ccccc1C#N. The van der Waals surface area contributed by atoms with Crippen LogP contribution in [-0.4, -0.2) is 22.5 Å². The summed E-state index contributed by atoms with van der Waals surface area (Å²) in [5.74, 6) is 0.984. The lowest BCUT2D eigenvalue weighted by Crippen LogP contribution is -2.32. The number of aromatic nitrogens is 2. The van der Waals surface area contributed by atoms with Gasteiger partial charge in [0.1, 0.15) is 6.61 Å². The number of fused-ring (bicyclic) bond motifs is 1. The first-order valence-corrected chi connectivity index (χ1v) is 10.3. The molecule has 8 nitrogen and oxygen atoms in total. The first kappa shape index (κ1) is 21.6. The molecule has 0 aliphatic carbocycles. The molecule has 0 spiro atoms. The number of nitriles is 1. The largest absolute Gasteiger partial charge is 0.490 e. The van der Waals surface area contributed by atoms with Gasteiger partial charge in [0.2, 0.25) is 0 Å². The molecule has 3 aromatic carbocycles. The Bertz CT molecular complexity index is 1500. The second kappa shape index (κ2) is 9.66. The van der Waals surface area contributed by atoms with Crippen molar-refractivity contribution in [3.8, 4) is 17.6 Å². The summed E-state index contributed by atoms with van der Waals surface area (Å²) in [6.45, 7) is 2.47. The van der Waals surface area contributed by atoms with E-state index in [9.17, 15) is 14.9 Å². The van der Waals surface area contributed by atoms with Crippen molar-refractivity contribution >= 4 is 17.1 Å². The van der Waals surface area contributed by atoms with Crippen LogP contribution in [0.5, 0.6) is 11.5 Å². The third-order valence-electron chi connectivity index (χ3n) is 4.89. The van der Waals surface area contributed by atoms with E-state index < -0.39 is 11.2 Å². The number of aromatic amines is 1. The highest BCUT2D eigenvalue weighted by Crippen LogP contribution is 2.29. The monoisotopic (exact) mass is 440 g/mol. The summed E-state index contributed by atoms with van der Waals surface area (Å²) in [4.78, 5) is 27.6. The number of benzene rings is 3. The number of hydrogen-bond acceptors (Lipinski definition) is 6. The number of nitrogens with zero attached hydrogens (tertiary/aromatic N) is 3. The van der Waals surface area contributed by atoms with Gasteiger partial charge in [0.05, 0.1) is 35.4 Å². The van der Waals surface area contributed by atoms with Gasteiger partial charge in [-0.3, -0.25) is 4.79 Å². The van der Waals surface area contributed by atoms with E-state index in [4.69, 9.17) is 9.47 Å². The van der Waals surface area contributed by atoms with Crippen molar-refractivity contribution in [2.75, 3.05) is 6.61 Å². The van der Waals surface area contributed by atoms with Crippen molar-refractivity contribution < 1.29 is 9.47 Å². The van der Waals surface area contributed by atoms with Crippen molar-refractivity contribution in [1.29, 1.82) is 5.26 Å². The van der Waals surface area contributed by atoms with E-state index in [0.29, 0.717) is 40.1 Å². The molecular formula is C25H20N4O4. The van der Waals surface area contributed by atoms with Crippen molar-refractivity contribution in [3.63, 3.8) is 0 Å². The number of nitrogens with one attached hydrogen (secondary N) is 1. The highest BCUT2D eigenvalue weighted by atomic mass is 16.5. The van der Waals surface area contributed by atoms with Crippen LogP contribution in [0.1, 0.15) is 23.6 Å². The number of ether oxygens (including phenoxy) is 2. The molecular weight excluding hydrogens is 420 g/mol. The normalized spacial score (nSPS) is 10.9. The van der Waals surface area contributed by atoms with Crippen LogP contribution in [0, 0.1) is 11.3 Å². The van der Waals surface area contributed by atoms with Crippen LogP contribution in [0.4, 0.5) is 0 Å². The average molecular weight is 440 g/mol. The molecule has 8 heteroatoms. The predicted octanol–water partition coefficient (Wildman–Crippen LogP) is 3.42. The molecule has 0 aliphatic heterocycles. The van der Waals surface area contributed by atoms with E-state index in [2.05, 4.69) is 16.2 Å². The molecule has 0 atom stereocenters. The molecule has 4 aromatic rings. The molecule has 0 bridgehead atoms. The van der Waals surface area contributed by atoms with Gasteiger partial charge >= 0.3 is 5.69 Å². The van der Waals surface area contributed by atoms with Crippen LogP contribution in [-0.2, 0) is 6.61 Å².